The van der Waals surface area contributed by atoms with Crippen LogP contribution in [-0.2, 0) is 20.2 Å². The van der Waals surface area contributed by atoms with Crippen LogP contribution < -0.4 is 4.74 Å². The van der Waals surface area contributed by atoms with Crippen molar-refractivity contribution in [1.29, 1.82) is 0 Å². The molecular formula is C20H18Cl2N4O4. The Kier molecular flexibility index (Phi) is 6.59. The first-order chi connectivity index (χ1) is 14.3. The van der Waals surface area contributed by atoms with E-state index in [0.29, 0.717) is 22.9 Å². The molecule has 0 aliphatic heterocycles. The van der Waals surface area contributed by atoms with Crippen molar-refractivity contribution in [3.05, 3.63) is 85.6 Å². The van der Waals surface area contributed by atoms with Crippen LogP contribution in [0.3, 0.4) is 0 Å². The first kappa shape index (κ1) is 21.6. The van der Waals surface area contributed by atoms with Gasteiger partial charge in [0.15, 0.2) is 0 Å². The number of benzene rings is 2. The van der Waals surface area contributed by atoms with Crippen LogP contribution in [0.5, 0.6) is 5.75 Å². The zero-order valence-corrected chi connectivity index (χ0v) is 17.7. The minimum atomic E-state index is -0.523. The van der Waals surface area contributed by atoms with E-state index in [0.717, 1.165) is 11.3 Å². The predicted octanol–water partition coefficient (Wildman–Crippen LogP) is 4.49. The second-order valence-corrected chi connectivity index (χ2v) is 7.40. The SMILES string of the molecule is CN(Cc1c(Cl)cnn1C)C(=O)c1ccc(COc2ccc([N+](=O)[O-])cc2Cl)cc1. The fourth-order valence-electron chi connectivity index (χ4n) is 2.76. The molecule has 0 aliphatic carbocycles. The Morgan fingerprint density at radius 2 is 1.90 bits per heavy atom. The largest absolute Gasteiger partial charge is 0.487 e. The van der Waals surface area contributed by atoms with Gasteiger partial charge in [-0.1, -0.05) is 35.3 Å². The summed E-state index contributed by atoms with van der Waals surface area (Å²) in [7, 11) is 3.46. The summed E-state index contributed by atoms with van der Waals surface area (Å²) in [5.41, 5.74) is 1.98. The molecule has 0 saturated heterocycles. The van der Waals surface area contributed by atoms with Crippen LogP contribution in [0.1, 0.15) is 21.6 Å². The molecule has 3 aromatic rings. The molecule has 1 aromatic heterocycles. The number of aryl methyl sites for hydroxylation is 1. The van der Waals surface area contributed by atoms with Crippen molar-refractivity contribution >= 4 is 34.8 Å². The highest BCUT2D eigenvalue weighted by molar-refractivity contribution is 6.32. The third kappa shape index (κ3) is 4.90. The fourth-order valence-corrected chi connectivity index (χ4v) is 3.21. The summed E-state index contributed by atoms with van der Waals surface area (Å²) in [6, 6.07) is 11.0. The summed E-state index contributed by atoms with van der Waals surface area (Å²) >= 11 is 12.1. The Morgan fingerprint density at radius 3 is 2.47 bits per heavy atom. The lowest BCUT2D eigenvalue weighted by Gasteiger charge is -2.18. The normalized spacial score (nSPS) is 10.7. The van der Waals surface area contributed by atoms with Gasteiger partial charge in [-0.25, -0.2) is 0 Å². The Hall–Kier alpha value is -3.10. The van der Waals surface area contributed by atoms with Crippen LogP contribution in [0.15, 0.2) is 48.7 Å². The molecule has 1 heterocycles. The van der Waals surface area contributed by atoms with Crippen LogP contribution in [0.2, 0.25) is 10.0 Å². The van der Waals surface area contributed by atoms with Gasteiger partial charge in [-0.3, -0.25) is 19.6 Å². The smallest absolute Gasteiger partial charge is 0.271 e. The molecule has 3 rings (SSSR count). The van der Waals surface area contributed by atoms with Crippen molar-refractivity contribution in [3.8, 4) is 5.75 Å². The van der Waals surface area contributed by atoms with Gasteiger partial charge in [0.25, 0.3) is 11.6 Å². The molecular weight excluding hydrogens is 431 g/mol. The number of halogens is 2. The van der Waals surface area contributed by atoms with Crippen LogP contribution in [0.4, 0.5) is 5.69 Å². The van der Waals surface area contributed by atoms with E-state index in [-0.39, 0.29) is 23.2 Å². The highest BCUT2D eigenvalue weighted by atomic mass is 35.5. The van der Waals surface area contributed by atoms with Gasteiger partial charge < -0.3 is 9.64 Å². The number of amides is 1. The average molecular weight is 449 g/mol. The third-order valence-corrected chi connectivity index (χ3v) is 5.08. The van der Waals surface area contributed by atoms with Crippen molar-refractivity contribution in [2.24, 2.45) is 7.05 Å². The number of hydrogen-bond donors (Lipinski definition) is 0. The van der Waals surface area contributed by atoms with E-state index in [9.17, 15) is 14.9 Å². The Bertz CT molecular complexity index is 1060. The van der Waals surface area contributed by atoms with Gasteiger partial charge in [0, 0.05) is 31.8 Å². The van der Waals surface area contributed by atoms with E-state index in [1.165, 1.54) is 18.2 Å². The second kappa shape index (κ2) is 9.15. The summed E-state index contributed by atoms with van der Waals surface area (Å²) in [6.45, 7) is 0.532. The Labute approximate surface area is 182 Å². The van der Waals surface area contributed by atoms with Crippen molar-refractivity contribution in [2.45, 2.75) is 13.2 Å². The van der Waals surface area contributed by atoms with Gasteiger partial charge in [0.1, 0.15) is 12.4 Å². The number of rotatable bonds is 7. The molecule has 0 saturated carbocycles. The fraction of sp³-hybridized carbons (Fsp3) is 0.200. The number of ether oxygens (including phenoxy) is 1. The number of hydrogen-bond acceptors (Lipinski definition) is 5. The Morgan fingerprint density at radius 1 is 1.20 bits per heavy atom. The highest BCUT2D eigenvalue weighted by Gasteiger charge is 2.16. The van der Waals surface area contributed by atoms with Crippen LogP contribution in [-0.4, -0.2) is 32.6 Å². The van der Waals surface area contributed by atoms with E-state index in [2.05, 4.69) is 5.10 Å². The van der Waals surface area contributed by atoms with Crippen LogP contribution >= 0.6 is 23.2 Å². The van der Waals surface area contributed by atoms with E-state index >= 15 is 0 Å². The van der Waals surface area contributed by atoms with Crippen molar-refractivity contribution in [1.82, 2.24) is 14.7 Å². The third-order valence-electron chi connectivity index (χ3n) is 4.47. The summed E-state index contributed by atoms with van der Waals surface area (Å²) < 4.78 is 7.26. The molecule has 30 heavy (non-hydrogen) atoms. The van der Waals surface area contributed by atoms with E-state index in [4.69, 9.17) is 27.9 Å². The number of aromatic nitrogens is 2. The van der Waals surface area contributed by atoms with E-state index in [1.807, 2.05) is 0 Å². The van der Waals surface area contributed by atoms with Gasteiger partial charge in [-0.2, -0.15) is 5.10 Å². The topological polar surface area (TPSA) is 90.5 Å². The number of nitrogens with zero attached hydrogens (tertiary/aromatic N) is 4. The van der Waals surface area contributed by atoms with Crippen LogP contribution in [0, 0.1) is 10.1 Å². The van der Waals surface area contributed by atoms with Crippen molar-refractivity contribution in [3.63, 3.8) is 0 Å². The summed E-state index contributed by atoms with van der Waals surface area (Å²) in [5.74, 6) is 0.188. The summed E-state index contributed by atoms with van der Waals surface area (Å²) in [4.78, 5) is 24.5. The maximum Gasteiger partial charge on any atom is 0.271 e. The molecule has 10 heteroatoms. The number of carbonyl (C=O) groups excluding carboxylic acids is 1. The Balaban J connectivity index is 1.62. The molecule has 0 N–H and O–H groups in total. The minimum Gasteiger partial charge on any atom is -0.487 e. The van der Waals surface area contributed by atoms with Crippen molar-refractivity contribution in [2.75, 3.05) is 7.05 Å². The number of nitro groups is 1. The van der Waals surface area contributed by atoms with Gasteiger partial charge in [-0.15, -0.1) is 0 Å². The monoisotopic (exact) mass is 448 g/mol. The van der Waals surface area contributed by atoms with Gasteiger partial charge in [-0.05, 0) is 23.8 Å². The van der Waals surface area contributed by atoms with E-state index < -0.39 is 4.92 Å². The number of non-ortho nitro benzene ring substituents is 1. The van der Waals surface area contributed by atoms with Gasteiger partial charge in [0.05, 0.1) is 33.4 Å². The van der Waals surface area contributed by atoms with Gasteiger partial charge >= 0.3 is 0 Å². The molecule has 156 valence electrons. The molecule has 0 atom stereocenters. The molecule has 0 fully saturated rings. The minimum absolute atomic E-state index is 0.105. The second-order valence-electron chi connectivity index (χ2n) is 6.58. The maximum absolute atomic E-state index is 12.7. The maximum atomic E-state index is 12.7. The quantitative estimate of drug-likeness (QED) is 0.392. The number of carbonyl (C=O) groups is 1. The van der Waals surface area contributed by atoms with Gasteiger partial charge in [0.2, 0.25) is 0 Å². The molecule has 8 nitrogen and oxygen atoms in total. The van der Waals surface area contributed by atoms with Crippen LogP contribution in [0.25, 0.3) is 0 Å². The summed E-state index contributed by atoms with van der Waals surface area (Å²) in [5, 5.41) is 15.5. The zero-order chi connectivity index (χ0) is 21.8. The molecule has 2 aromatic carbocycles. The zero-order valence-electron chi connectivity index (χ0n) is 16.2. The highest BCUT2D eigenvalue weighted by Crippen LogP contribution is 2.29. The van der Waals surface area contributed by atoms with Crippen molar-refractivity contribution < 1.29 is 14.5 Å². The molecule has 0 unspecified atom stereocenters. The first-order valence-corrected chi connectivity index (χ1v) is 9.59. The molecule has 1 amide bonds. The standard InChI is InChI=1S/C20H18Cl2N4O4/c1-24(11-18-17(22)10-23-25(18)2)20(27)14-5-3-13(4-6-14)12-30-19-8-7-15(26(28)29)9-16(19)21/h3-10H,11-12H2,1-2H3. The summed E-state index contributed by atoms with van der Waals surface area (Å²) in [6.07, 6.45) is 1.54. The predicted molar refractivity (Wildman–Crippen MR) is 113 cm³/mol. The lowest BCUT2D eigenvalue weighted by molar-refractivity contribution is -0.384. The molecule has 0 spiro atoms. The molecule has 0 bridgehead atoms. The lowest BCUT2D eigenvalue weighted by Crippen LogP contribution is -2.27. The average Bonchev–Trinajstić information content (AvgIpc) is 3.04. The van der Waals surface area contributed by atoms with E-state index in [1.54, 1.807) is 54.1 Å². The number of nitro benzene ring substituents is 1. The molecule has 0 radical (unpaired) electrons. The molecule has 0 aliphatic rings. The first-order valence-electron chi connectivity index (χ1n) is 8.83. The lowest BCUT2D eigenvalue weighted by atomic mass is 10.1.